The van der Waals surface area contributed by atoms with E-state index >= 15 is 8.78 Å². The number of rotatable bonds is 13. The Morgan fingerprint density at radius 2 is 1.84 bits per heavy atom. The second kappa shape index (κ2) is 19.1. The van der Waals surface area contributed by atoms with Crippen LogP contribution in [-0.2, 0) is 37.8 Å². The minimum Gasteiger partial charge on any atom is -0.461 e. The quantitative estimate of drug-likeness (QED) is 0.0668. The Labute approximate surface area is 429 Å². The second-order valence-corrected chi connectivity index (χ2v) is 20.5. The number of amides is 2. The van der Waals surface area contributed by atoms with Gasteiger partial charge in [0.2, 0.25) is 0 Å². The standard InChI is InChI=1S/C55H56F3N9O8/c1-6-11-30(7-2)36(8-3)46-44(58)47-37(21-59-46)48(63-52(62-47)75-28-54-14-10-15-65(54)23-33(56)20-54)64-24-34-12-13-35(25-64)67(34)49(68)29(5)26-74-53(71)61-42-17-31-16-32-22-66-43(45(32)60-41(31)19-40(42)57)18-39-38(50(66)69)27-73-51(70)55(39,72)9-4/h1,16-19,21,33-35,72H,5,7-15,20,22-28H2,2-4H3,(H,61,71)/b36-30-/t33-,34?,35?,54+,55+/m1/s1. The summed E-state index contributed by atoms with van der Waals surface area (Å²) >= 11 is 0. The highest BCUT2D eigenvalue weighted by Gasteiger charge is 2.50. The van der Waals surface area contributed by atoms with E-state index in [-0.39, 0.29) is 83.4 Å². The number of carbonyl (C=O) groups excluding carboxylic acids is 3. The molecule has 17 nitrogen and oxygen atoms in total. The van der Waals surface area contributed by atoms with Crippen molar-refractivity contribution < 1.29 is 46.9 Å². The van der Waals surface area contributed by atoms with Crippen LogP contribution in [0.1, 0.15) is 101 Å². The van der Waals surface area contributed by atoms with Crippen LogP contribution in [0, 0.1) is 24.0 Å². The number of allylic oxidation sites excluding steroid dienone is 2. The molecule has 1 aromatic carbocycles. The van der Waals surface area contributed by atoms with Gasteiger partial charge in [0.05, 0.1) is 57.7 Å². The summed E-state index contributed by atoms with van der Waals surface area (Å²) in [6.45, 7) is 10.7. The molecule has 2 amide bonds. The van der Waals surface area contributed by atoms with Gasteiger partial charge in [-0.3, -0.25) is 24.8 Å². The van der Waals surface area contributed by atoms with Crippen LogP contribution in [0.25, 0.3) is 38.8 Å². The van der Waals surface area contributed by atoms with Gasteiger partial charge in [-0.15, -0.1) is 12.3 Å². The van der Waals surface area contributed by atoms with Crippen molar-refractivity contribution in [3.63, 3.8) is 0 Å². The van der Waals surface area contributed by atoms with Crippen molar-refractivity contribution in [2.24, 2.45) is 0 Å². The molecule has 10 heterocycles. The highest BCUT2D eigenvalue weighted by Crippen LogP contribution is 2.43. The Kier molecular flexibility index (Phi) is 12.7. The summed E-state index contributed by atoms with van der Waals surface area (Å²) < 4.78 is 65.8. The lowest BCUT2D eigenvalue weighted by Crippen LogP contribution is -2.56. The molecule has 6 aliphatic rings. The molecular formula is C55H56F3N9O8. The van der Waals surface area contributed by atoms with E-state index < -0.39 is 59.1 Å². The van der Waals surface area contributed by atoms with E-state index in [2.05, 4.69) is 37.7 Å². The number of ether oxygens (including phenoxy) is 3. The maximum absolute atomic E-state index is 17.0. The normalized spacial score (nSPS) is 23.8. The third-order valence-electron chi connectivity index (χ3n) is 16.2. The van der Waals surface area contributed by atoms with E-state index in [0.717, 1.165) is 31.0 Å². The topological polar surface area (TPSA) is 194 Å². The van der Waals surface area contributed by atoms with Crippen molar-refractivity contribution >= 4 is 56.9 Å². The first kappa shape index (κ1) is 49.8. The number of hydrogen-bond acceptors (Lipinski definition) is 14. The van der Waals surface area contributed by atoms with Crippen molar-refractivity contribution in [1.82, 2.24) is 34.3 Å². The number of nitrogens with zero attached hydrogens (tertiary/aromatic N) is 8. The van der Waals surface area contributed by atoms with Gasteiger partial charge >= 0.3 is 18.1 Å². The number of carbonyl (C=O) groups is 3. The van der Waals surface area contributed by atoms with Crippen LogP contribution in [0.5, 0.6) is 6.01 Å². The van der Waals surface area contributed by atoms with E-state index in [9.17, 15) is 28.7 Å². The zero-order valence-electron chi connectivity index (χ0n) is 41.9. The molecule has 4 fully saturated rings. The minimum atomic E-state index is -2.00. The molecule has 0 radical (unpaired) electrons. The smallest absolute Gasteiger partial charge is 0.412 e. The Bertz CT molecular complexity index is 3400. The van der Waals surface area contributed by atoms with E-state index in [1.807, 2.05) is 18.7 Å². The van der Waals surface area contributed by atoms with Crippen LogP contribution in [0.2, 0.25) is 0 Å². The molecule has 0 saturated carbocycles. The number of pyridine rings is 3. The number of hydrogen-bond donors (Lipinski definition) is 2. The van der Waals surface area contributed by atoms with Crippen LogP contribution in [0.4, 0.5) is 29.5 Å². The lowest BCUT2D eigenvalue weighted by molar-refractivity contribution is -0.172. The number of anilines is 2. The number of cyclic esters (lactones) is 1. The Morgan fingerprint density at radius 3 is 2.57 bits per heavy atom. The lowest BCUT2D eigenvalue weighted by Gasteiger charge is -2.42. The van der Waals surface area contributed by atoms with Gasteiger partial charge in [-0.25, -0.2) is 27.7 Å². The number of alkyl halides is 1. The first-order valence-corrected chi connectivity index (χ1v) is 25.6. The van der Waals surface area contributed by atoms with Crippen molar-refractivity contribution in [1.29, 1.82) is 0 Å². The highest BCUT2D eigenvalue weighted by molar-refractivity contribution is 5.96. The van der Waals surface area contributed by atoms with Gasteiger partial charge in [0.25, 0.3) is 11.5 Å². The number of fused-ring (bicyclic) bond motifs is 9. The molecule has 75 heavy (non-hydrogen) atoms. The molecule has 4 saturated heterocycles. The van der Waals surface area contributed by atoms with E-state index in [1.54, 1.807) is 30.2 Å². The number of esters is 1. The summed E-state index contributed by atoms with van der Waals surface area (Å²) in [6.07, 6.45) is 10.0. The van der Waals surface area contributed by atoms with Crippen LogP contribution in [0.15, 0.2) is 53.0 Å². The maximum atomic E-state index is 17.0. The SMILES string of the molecule is C#CC/C(CC)=C(/CC)c1ncc2c(N3CC4CCC(C3)N4C(=O)C(=C)COC(=O)Nc3cc4cc5c(nc4cc3F)-c3cc4c(c(=O)n3C5)COC(=O)[C@]4(O)CC)nc(OC[C@@]34CCCN3C[C@H](F)C4)nc2c1F. The number of nitrogens with one attached hydrogen (secondary N) is 1. The molecular weight excluding hydrogens is 972 g/mol. The van der Waals surface area contributed by atoms with E-state index in [0.29, 0.717) is 97.3 Å². The molecule has 11 rings (SSSR count). The van der Waals surface area contributed by atoms with Gasteiger partial charge < -0.3 is 33.7 Å². The van der Waals surface area contributed by atoms with Gasteiger partial charge in [-0.1, -0.05) is 32.9 Å². The molecule has 20 heteroatoms. The molecule has 390 valence electrons. The third-order valence-corrected chi connectivity index (χ3v) is 16.2. The average Bonchev–Trinajstić information content (AvgIpc) is 4.17. The van der Waals surface area contributed by atoms with Crippen LogP contribution < -0.4 is 20.5 Å². The average molecular weight is 1030 g/mol. The molecule has 2 unspecified atom stereocenters. The largest absolute Gasteiger partial charge is 0.461 e. The number of aliphatic hydroxyl groups is 1. The Balaban J connectivity index is 0.785. The van der Waals surface area contributed by atoms with Crippen molar-refractivity contribution in [3.8, 4) is 29.7 Å². The van der Waals surface area contributed by atoms with Crippen molar-refractivity contribution in [2.75, 3.05) is 49.6 Å². The van der Waals surface area contributed by atoms with Crippen molar-refractivity contribution in [3.05, 3.63) is 92.6 Å². The number of aromatic nitrogens is 5. The Morgan fingerprint density at radius 1 is 1.05 bits per heavy atom. The molecule has 6 aliphatic heterocycles. The molecule has 5 aromatic rings. The van der Waals surface area contributed by atoms with E-state index in [4.69, 9.17) is 25.6 Å². The van der Waals surface area contributed by atoms with Crippen LogP contribution >= 0.6 is 0 Å². The van der Waals surface area contributed by atoms with Crippen molar-refractivity contribution in [2.45, 2.75) is 121 Å². The number of piperazine rings is 1. The Hall–Kier alpha value is -7.37. The van der Waals surface area contributed by atoms with Gasteiger partial charge in [-0.2, -0.15) is 9.97 Å². The second-order valence-electron chi connectivity index (χ2n) is 20.5. The third kappa shape index (κ3) is 8.34. The summed E-state index contributed by atoms with van der Waals surface area (Å²) in [4.78, 5) is 78.2. The summed E-state index contributed by atoms with van der Waals surface area (Å²) in [7, 11) is 0. The van der Waals surface area contributed by atoms with Gasteiger partial charge in [0, 0.05) is 66.8 Å². The minimum absolute atomic E-state index is 0.000147. The summed E-state index contributed by atoms with van der Waals surface area (Å²) in [5, 5.41) is 14.4. The molecule has 5 atom stereocenters. The van der Waals surface area contributed by atoms with Gasteiger partial charge in [-0.05, 0) is 75.3 Å². The van der Waals surface area contributed by atoms with Crippen LogP contribution in [-0.4, -0.2) is 121 Å². The molecule has 0 aliphatic carbocycles. The fourth-order valence-electron chi connectivity index (χ4n) is 12.4. The predicted octanol–water partition coefficient (Wildman–Crippen LogP) is 7.23. The fraction of sp³-hybridized carbons (Fsp3) is 0.455. The number of benzene rings is 1. The summed E-state index contributed by atoms with van der Waals surface area (Å²) in [5.41, 5.74) is 0.583. The maximum Gasteiger partial charge on any atom is 0.412 e. The molecule has 2 N–H and O–H groups in total. The zero-order valence-corrected chi connectivity index (χ0v) is 41.9. The lowest BCUT2D eigenvalue weighted by atomic mass is 9.86. The first-order chi connectivity index (χ1) is 36.1. The van der Waals surface area contributed by atoms with Crippen LogP contribution in [0.3, 0.4) is 0 Å². The zero-order chi connectivity index (χ0) is 52.7. The van der Waals surface area contributed by atoms with E-state index in [1.165, 1.54) is 10.6 Å². The monoisotopic (exact) mass is 1030 g/mol. The fourth-order valence-corrected chi connectivity index (χ4v) is 12.4. The predicted molar refractivity (Wildman–Crippen MR) is 271 cm³/mol. The highest BCUT2D eigenvalue weighted by atomic mass is 19.1. The number of halogens is 3. The molecule has 2 bridgehead atoms. The molecule has 0 spiro atoms. The molecule has 4 aromatic heterocycles. The first-order valence-electron chi connectivity index (χ1n) is 25.6. The summed E-state index contributed by atoms with van der Waals surface area (Å²) in [6, 6.07) is 5.13. The van der Waals surface area contributed by atoms with Gasteiger partial charge in [0.15, 0.2) is 11.4 Å². The number of terminal acetylenes is 1. The van der Waals surface area contributed by atoms with Gasteiger partial charge in [0.1, 0.15) is 48.8 Å². The summed E-state index contributed by atoms with van der Waals surface area (Å²) in [5.74, 6) is 0.366.